The van der Waals surface area contributed by atoms with E-state index in [1.807, 2.05) is 30.5 Å². The van der Waals surface area contributed by atoms with Crippen LogP contribution in [0.2, 0.25) is 0 Å². The van der Waals surface area contributed by atoms with Gasteiger partial charge in [-0.3, -0.25) is 9.79 Å². The number of ether oxygens (including phenoxy) is 1. The van der Waals surface area contributed by atoms with Gasteiger partial charge in [-0.2, -0.15) is 0 Å². The summed E-state index contributed by atoms with van der Waals surface area (Å²) in [5, 5.41) is 3.79. The highest BCUT2D eigenvalue weighted by molar-refractivity contribution is 5.89. The second-order valence-corrected chi connectivity index (χ2v) is 7.91. The molecule has 0 spiro atoms. The molecule has 0 aliphatic rings. The lowest BCUT2D eigenvalue weighted by atomic mass is 10.0. The fourth-order valence-corrected chi connectivity index (χ4v) is 3.45. The van der Waals surface area contributed by atoms with Crippen molar-refractivity contribution in [1.29, 1.82) is 0 Å². The van der Waals surface area contributed by atoms with Crippen LogP contribution in [-0.2, 0) is 20.7 Å². The SMILES string of the molecule is CCCCCCOC(=O)[C@H](Cc1c[nH]c2ccccc12)NC(=O)[C@@H](N)CCCN=C(N)N. The Morgan fingerprint density at radius 2 is 1.94 bits per heavy atom. The van der Waals surface area contributed by atoms with Crippen LogP contribution in [0.5, 0.6) is 0 Å². The zero-order valence-electron chi connectivity index (χ0n) is 18.8. The van der Waals surface area contributed by atoms with E-state index < -0.39 is 24.0 Å². The van der Waals surface area contributed by atoms with E-state index in [1.54, 1.807) is 0 Å². The maximum absolute atomic E-state index is 12.8. The molecule has 0 saturated carbocycles. The lowest BCUT2D eigenvalue weighted by Crippen LogP contribution is -2.50. The van der Waals surface area contributed by atoms with E-state index in [1.165, 1.54) is 0 Å². The second-order valence-electron chi connectivity index (χ2n) is 7.91. The van der Waals surface area contributed by atoms with E-state index in [0.717, 1.165) is 42.1 Å². The topological polar surface area (TPSA) is 162 Å². The van der Waals surface area contributed by atoms with Gasteiger partial charge in [0, 0.05) is 30.1 Å². The van der Waals surface area contributed by atoms with Crippen molar-refractivity contribution in [2.24, 2.45) is 22.2 Å². The quantitative estimate of drug-likeness (QED) is 0.129. The molecule has 0 radical (unpaired) electrons. The number of carbonyl (C=O) groups is 2. The molecule has 1 aromatic carbocycles. The van der Waals surface area contributed by atoms with E-state index >= 15 is 0 Å². The molecule has 9 heteroatoms. The summed E-state index contributed by atoms with van der Waals surface area (Å²) in [4.78, 5) is 32.5. The van der Waals surface area contributed by atoms with Crippen LogP contribution in [0.1, 0.15) is 51.0 Å². The third-order valence-electron chi connectivity index (χ3n) is 5.25. The van der Waals surface area contributed by atoms with Gasteiger partial charge in [-0.15, -0.1) is 0 Å². The van der Waals surface area contributed by atoms with E-state index in [4.69, 9.17) is 21.9 Å². The number of aromatic amines is 1. The number of benzene rings is 1. The number of rotatable bonds is 14. The third kappa shape index (κ3) is 8.22. The molecular formula is C23H36N6O3. The molecule has 2 aromatic rings. The van der Waals surface area contributed by atoms with Gasteiger partial charge in [0.25, 0.3) is 0 Å². The van der Waals surface area contributed by atoms with Gasteiger partial charge in [0.1, 0.15) is 6.04 Å². The number of fused-ring (bicyclic) bond motifs is 1. The van der Waals surface area contributed by atoms with Crippen molar-refractivity contribution in [3.63, 3.8) is 0 Å². The van der Waals surface area contributed by atoms with Gasteiger partial charge < -0.3 is 32.2 Å². The Balaban J connectivity index is 2.01. The summed E-state index contributed by atoms with van der Waals surface area (Å²) in [6.07, 6.45) is 7.13. The fourth-order valence-electron chi connectivity index (χ4n) is 3.45. The maximum atomic E-state index is 12.8. The first kappa shape index (κ1) is 25.2. The van der Waals surface area contributed by atoms with Gasteiger partial charge in [0.2, 0.25) is 5.91 Å². The lowest BCUT2D eigenvalue weighted by Gasteiger charge is -2.20. The van der Waals surface area contributed by atoms with Crippen molar-refractivity contribution in [3.05, 3.63) is 36.0 Å². The van der Waals surface area contributed by atoms with Crippen molar-refractivity contribution < 1.29 is 14.3 Å². The van der Waals surface area contributed by atoms with Crippen LogP contribution in [0.3, 0.4) is 0 Å². The predicted octanol–water partition coefficient (Wildman–Crippen LogP) is 1.70. The van der Waals surface area contributed by atoms with Gasteiger partial charge in [0.15, 0.2) is 5.96 Å². The molecule has 9 nitrogen and oxygen atoms in total. The number of H-pyrrole nitrogens is 1. The predicted molar refractivity (Wildman–Crippen MR) is 127 cm³/mol. The summed E-state index contributed by atoms with van der Waals surface area (Å²) < 4.78 is 5.47. The molecule has 8 N–H and O–H groups in total. The average Bonchev–Trinajstić information content (AvgIpc) is 3.18. The number of aliphatic imine (C=N–C) groups is 1. The van der Waals surface area contributed by atoms with E-state index in [2.05, 4.69) is 22.2 Å². The molecule has 1 aromatic heterocycles. The summed E-state index contributed by atoms with van der Waals surface area (Å²) in [6.45, 7) is 2.85. The van der Waals surface area contributed by atoms with E-state index in [9.17, 15) is 9.59 Å². The van der Waals surface area contributed by atoms with Crippen LogP contribution in [-0.4, -0.2) is 48.1 Å². The molecule has 32 heavy (non-hydrogen) atoms. The number of nitrogens with one attached hydrogen (secondary N) is 2. The fraction of sp³-hybridized carbons (Fsp3) is 0.522. The number of aromatic nitrogens is 1. The summed E-state index contributed by atoms with van der Waals surface area (Å²) in [7, 11) is 0. The Bertz CT molecular complexity index is 891. The Morgan fingerprint density at radius 3 is 2.69 bits per heavy atom. The number of amides is 1. The molecule has 0 bridgehead atoms. The number of esters is 1. The molecule has 0 aliphatic heterocycles. The molecule has 0 fully saturated rings. The van der Waals surface area contributed by atoms with Gasteiger partial charge in [0.05, 0.1) is 12.6 Å². The molecule has 176 valence electrons. The molecule has 0 aliphatic carbocycles. The summed E-state index contributed by atoms with van der Waals surface area (Å²) in [5.41, 5.74) is 18.5. The van der Waals surface area contributed by atoms with Crippen LogP contribution in [0, 0.1) is 0 Å². The number of nitrogens with two attached hydrogens (primary N) is 3. The minimum absolute atomic E-state index is 0.00324. The van der Waals surface area contributed by atoms with Crippen molar-refractivity contribution >= 4 is 28.7 Å². The van der Waals surface area contributed by atoms with Crippen molar-refractivity contribution in [3.8, 4) is 0 Å². The Hall–Kier alpha value is -3.07. The number of hydrogen-bond donors (Lipinski definition) is 5. The lowest BCUT2D eigenvalue weighted by molar-refractivity contribution is -0.148. The standard InChI is InChI=1S/C23H36N6O3/c1-2-3-4-7-13-32-22(31)20(14-16-15-28-19-11-6-5-9-17(16)19)29-21(30)18(24)10-8-12-27-23(25)26/h5-6,9,11,15,18,20,28H,2-4,7-8,10,12-14,24H2,1H3,(H,29,30)(H4,25,26,27)/t18-,20-/m0/s1. The number of unbranched alkanes of at least 4 members (excludes halogenated alkanes) is 3. The van der Waals surface area contributed by atoms with Crippen LogP contribution in [0.25, 0.3) is 10.9 Å². The number of hydrogen-bond acceptors (Lipinski definition) is 5. The second kappa shape index (κ2) is 13.4. The van der Waals surface area contributed by atoms with Crippen molar-refractivity contribution in [2.45, 2.75) is 64.0 Å². The van der Waals surface area contributed by atoms with Crippen LogP contribution >= 0.6 is 0 Å². The number of carbonyl (C=O) groups excluding carboxylic acids is 2. The molecule has 1 heterocycles. The molecule has 2 rings (SSSR count). The summed E-state index contributed by atoms with van der Waals surface area (Å²) in [5.74, 6) is -0.848. The number of nitrogens with zero attached hydrogens (tertiary/aromatic N) is 1. The highest BCUT2D eigenvalue weighted by atomic mass is 16.5. The summed E-state index contributed by atoms with van der Waals surface area (Å²) >= 11 is 0. The van der Waals surface area contributed by atoms with Gasteiger partial charge in [-0.1, -0.05) is 44.4 Å². The highest BCUT2D eigenvalue weighted by Crippen LogP contribution is 2.19. The largest absolute Gasteiger partial charge is 0.464 e. The van der Waals surface area contributed by atoms with E-state index in [-0.39, 0.29) is 5.96 Å². The maximum Gasteiger partial charge on any atom is 0.328 e. The highest BCUT2D eigenvalue weighted by Gasteiger charge is 2.26. The van der Waals surface area contributed by atoms with Crippen LogP contribution < -0.4 is 22.5 Å². The molecule has 1 amide bonds. The monoisotopic (exact) mass is 444 g/mol. The van der Waals surface area contributed by atoms with Crippen molar-refractivity contribution in [1.82, 2.24) is 10.3 Å². The first-order valence-corrected chi connectivity index (χ1v) is 11.2. The normalized spacial score (nSPS) is 12.8. The average molecular weight is 445 g/mol. The van der Waals surface area contributed by atoms with Crippen molar-refractivity contribution in [2.75, 3.05) is 13.2 Å². The van der Waals surface area contributed by atoms with Gasteiger partial charge in [-0.25, -0.2) is 4.79 Å². The molecule has 2 atom stereocenters. The number of para-hydroxylation sites is 1. The first-order chi connectivity index (χ1) is 15.4. The number of guanidine groups is 1. The Kier molecular flexibility index (Phi) is 10.5. The zero-order valence-corrected chi connectivity index (χ0v) is 18.8. The van der Waals surface area contributed by atoms with Gasteiger partial charge >= 0.3 is 5.97 Å². The minimum Gasteiger partial charge on any atom is -0.464 e. The Labute approximate surface area is 189 Å². The smallest absolute Gasteiger partial charge is 0.328 e. The Morgan fingerprint density at radius 1 is 1.16 bits per heavy atom. The molecular weight excluding hydrogens is 408 g/mol. The first-order valence-electron chi connectivity index (χ1n) is 11.2. The van der Waals surface area contributed by atoms with Crippen LogP contribution in [0.15, 0.2) is 35.5 Å². The molecule has 0 saturated heterocycles. The van der Waals surface area contributed by atoms with Crippen LogP contribution in [0.4, 0.5) is 0 Å². The van der Waals surface area contributed by atoms with Gasteiger partial charge in [-0.05, 0) is 30.9 Å². The minimum atomic E-state index is -0.823. The third-order valence-corrected chi connectivity index (χ3v) is 5.25. The zero-order chi connectivity index (χ0) is 23.3. The van der Waals surface area contributed by atoms with E-state index in [0.29, 0.717) is 32.4 Å². The summed E-state index contributed by atoms with van der Waals surface area (Å²) in [6, 6.07) is 6.22. The molecule has 0 unspecified atom stereocenters.